The largest absolute Gasteiger partial charge is 0.268 e. The van der Waals surface area contributed by atoms with Crippen molar-refractivity contribution in [3.8, 4) is 17.1 Å². The smallest absolute Gasteiger partial charge is 0.266 e. The van der Waals surface area contributed by atoms with Gasteiger partial charge in [-0.2, -0.15) is 0 Å². The normalized spacial score (nSPS) is 11.8. The van der Waals surface area contributed by atoms with Crippen LogP contribution in [-0.2, 0) is 0 Å². The number of hydrogen-bond acceptors (Lipinski definition) is 2. The van der Waals surface area contributed by atoms with E-state index < -0.39 is 0 Å². The van der Waals surface area contributed by atoms with Crippen LogP contribution in [0.25, 0.3) is 28.0 Å². The van der Waals surface area contributed by atoms with Crippen LogP contribution in [-0.4, -0.2) is 9.55 Å². The fourth-order valence-corrected chi connectivity index (χ4v) is 2.34. The van der Waals surface area contributed by atoms with E-state index in [0.717, 1.165) is 22.6 Å². The maximum atomic E-state index is 12.3. The van der Waals surface area contributed by atoms with Crippen LogP contribution in [0, 0.1) is 0 Å². The van der Waals surface area contributed by atoms with Gasteiger partial charge in [-0.05, 0) is 24.3 Å². The van der Waals surface area contributed by atoms with E-state index in [1.54, 1.807) is 4.57 Å². The molecule has 0 fully saturated rings. The van der Waals surface area contributed by atoms with E-state index in [9.17, 15) is 4.79 Å². The third-order valence-electron chi connectivity index (χ3n) is 3.16. The lowest BCUT2D eigenvalue weighted by atomic mass is 10.0. The molecule has 1 aromatic heterocycles. The first kappa shape index (κ1) is 8.70. The minimum Gasteiger partial charge on any atom is -0.268 e. The van der Waals surface area contributed by atoms with Gasteiger partial charge in [0.15, 0.2) is 0 Å². The number of aromatic nitrogens is 2. The standard InChI is InChI=1S/C14H8N2O/c17-14-9-5-1-3-7-11(9)15-13-10-6-2-4-8-12(10)16(13)14/h1-8H. The van der Waals surface area contributed by atoms with Gasteiger partial charge >= 0.3 is 0 Å². The Morgan fingerprint density at radius 3 is 2.65 bits per heavy atom. The molecule has 0 saturated heterocycles. The Morgan fingerprint density at radius 1 is 0.941 bits per heavy atom. The maximum absolute atomic E-state index is 12.3. The molecule has 0 aliphatic carbocycles. The van der Waals surface area contributed by atoms with Gasteiger partial charge in [0.1, 0.15) is 5.82 Å². The number of para-hydroxylation sites is 2. The predicted octanol–water partition coefficient (Wildman–Crippen LogP) is 2.37. The summed E-state index contributed by atoms with van der Waals surface area (Å²) in [5.41, 5.74) is 2.78. The van der Waals surface area contributed by atoms with Gasteiger partial charge in [0.05, 0.1) is 16.6 Å². The summed E-state index contributed by atoms with van der Waals surface area (Å²) in [4.78, 5) is 16.8. The van der Waals surface area contributed by atoms with E-state index in [1.165, 1.54) is 0 Å². The van der Waals surface area contributed by atoms with Gasteiger partial charge in [-0.1, -0.05) is 24.3 Å². The van der Waals surface area contributed by atoms with Crippen LogP contribution in [0.2, 0.25) is 0 Å². The van der Waals surface area contributed by atoms with Crippen LogP contribution >= 0.6 is 0 Å². The molecule has 80 valence electrons. The first-order valence-electron chi connectivity index (χ1n) is 5.48. The second-order valence-corrected chi connectivity index (χ2v) is 4.11. The highest BCUT2D eigenvalue weighted by atomic mass is 16.1. The third kappa shape index (κ3) is 0.959. The molecule has 0 radical (unpaired) electrons. The fourth-order valence-electron chi connectivity index (χ4n) is 2.34. The zero-order valence-electron chi connectivity index (χ0n) is 8.92. The highest BCUT2D eigenvalue weighted by Crippen LogP contribution is 2.34. The highest BCUT2D eigenvalue weighted by molar-refractivity contribution is 5.86. The van der Waals surface area contributed by atoms with Crippen LogP contribution in [0.5, 0.6) is 0 Å². The Bertz CT molecular complexity index is 818. The molecule has 0 unspecified atom stereocenters. The van der Waals surface area contributed by atoms with E-state index in [1.807, 2.05) is 48.5 Å². The molecule has 3 heteroatoms. The van der Waals surface area contributed by atoms with Crippen molar-refractivity contribution in [2.24, 2.45) is 0 Å². The van der Waals surface area contributed by atoms with Gasteiger partial charge in [-0.15, -0.1) is 0 Å². The number of hydrogen-bond donors (Lipinski definition) is 0. The second kappa shape index (κ2) is 2.83. The molecule has 1 aliphatic rings. The summed E-state index contributed by atoms with van der Waals surface area (Å²) in [5.74, 6) is 0.768. The van der Waals surface area contributed by atoms with Crippen molar-refractivity contribution in [1.82, 2.24) is 9.55 Å². The number of fused-ring (bicyclic) bond motifs is 5. The molecule has 0 atom stereocenters. The zero-order valence-corrected chi connectivity index (χ0v) is 8.92. The van der Waals surface area contributed by atoms with Crippen LogP contribution in [0.1, 0.15) is 0 Å². The van der Waals surface area contributed by atoms with Crippen molar-refractivity contribution in [2.45, 2.75) is 0 Å². The van der Waals surface area contributed by atoms with Crippen molar-refractivity contribution in [3.63, 3.8) is 0 Å². The predicted molar refractivity (Wildman–Crippen MR) is 66.3 cm³/mol. The van der Waals surface area contributed by atoms with E-state index in [2.05, 4.69) is 4.98 Å². The van der Waals surface area contributed by atoms with Crippen LogP contribution in [0.15, 0.2) is 53.3 Å². The minimum atomic E-state index is 0.0179. The highest BCUT2D eigenvalue weighted by Gasteiger charge is 2.25. The summed E-state index contributed by atoms with van der Waals surface area (Å²) in [5, 5.41) is 0.672. The molecule has 2 aromatic carbocycles. The second-order valence-electron chi connectivity index (χ2n) is 4.11. The fraction of sp³-hybridized carbons (Fsp3) is 0. The molecule has 2 heterocycles. The Labute approximate surface area is 97.0 Å². The van der Waals surface area contributed by atoms with Gasteiger partial charge in [0, 0.05) is 5.56 Å². The molecule has 3 nitrogen and oxygen atoms in total. The lowest BCUT2D eigenvalue weighted by Gasteiger charge is -2.24. The Kier molecular flexibility index (Phi) is 1.45. The summed E-state index contributed by atoms with van der Waals surface area (Å²) >= 11 is 0. The molecule has 0 saturated carbocycles. The van der Waals surface area contributed by atoms with Gasteiger partial charge in [-0.3, -0.25) is 9.36 Å². The van der Waals surface area contributed by atoms with Crippen LogP contribution < -0.4 is 5.56 Å². The average molecular weight is 220 g/mol. The topological polar surface area (TPSA) is 34.9 Å². The molecule has 17 heavy (non-hydrogen) atoms. The lowest BCUT2D eigenvalue weighted by molar-refractivity contribution is 0.922. The van der Waals surface area contributed by atoms with Crippen molar-refractivity contribution >= 4 is 10.9 Å². The molecule has 1 aliphatic heterocycles. The van der Waals surface area contributed by atoms with Gasteiger partial charge in [0.2, 0.25) is 0 Å². The Balaban J connectivity index is 2.19. The van der Waals surface area contributed by atoms with Crippen molar-refractivity contribution < 1.29 is 0 Å². The van der Waals surface area contributed by atoms with Crippen molar-refractivity contribution in [1.29, 1.82) is 0 Å². The Hall–Kier alpha value is -2.42. The molecule has 4 rings (SSSR count). The van der Waals surface area contributed by atoms with E-state index in [0.29, 0.717) is 5.39 Å². The van der Waals surface area contributed by atoms with E-state index in [4.69, 9.17) is 0 Å². The number of benzene rings is 2. The quantitative estimate of drug-likeness (QED) is 0.456. The monoisotopic (exact) mass is 220 g/mol. The molecule has 0 N–H and O–H groups in total. The van der Waals surface area contributed by atoms with Crippen molar-refractivity contribution in [3.05, 3.63) is 58.9 Å². The van der Waals surface area contributed by atoms with Gasteiger partial charge in [-0.25, -0.2) is 4.98 Å². The molecule has 0 bridgehead atoms. The third-order valence-corrected chi connectivity index (χ3v) is 3.16. The summed E-state index contributed by atoms with van der Waals surface area (Å²) in [7, 11) is 0. The Morgan fingerprint density at radius 2 is 1.71 bits per heavy atom. The molecule has 3 aromatic rings. The molecule has 0 amide bonds. The summed E-state index contributed by atoms with van der Waals surface area (Å²) in [6, 6.07) is 15.3. The average Bonchev–Trinajstić information content (AvgIpc) is 2.36. The van der Waals surface area contributed by atoms with E-state index in [-0.39, 0.29) is 5.56 Å². The SMILES string of the molecule is O=c1c2ccccc2nc2n1-c1ccccc1-2. The first-order chi connectivity index (χ1) is 8.36. The van der Waals surface area contributed by atoms with E-state index >= 15 is 0 Å². The molecule has 0 spiro atoms. The zero-order chi connectivity index (χ0) is 11.4. The number of nitrogens with zero attached hydrogens (tertiary/aromatic N) is 2. The van der Waals surface area contributed by atoms with Gasteiger partial charge in [0.25, 0.3) is 5.56 Å². The van der Waals surface area contributed by atoms with Crippen LogP contribution in [0.3, 0.4) is 0 Å². The van der Waals surface area contributed by atoms with Crippen molar-refractivity contribution in [2.75, 3.05) is 0 Å². The molecular formula is C14H8N2O. The number of rotatable bonds is 0. The minimum absolute atomic E-state index is 0.0179. The summed E-state index contributed by atoms with van der Waals surface area (Å²) in [6.45, 7) is 0. The molecular weight excluding hydrogens is 212 g/mol. The summed E-state index contributed by atoms with van der Waals surface area (Å²) < 4.78 is 1.68. The maximum Gasteiger partial charge on any atom is 0.266 e. The summed E-state index contributed by atoms with van der Waals surface area (Å²) in [6.07, 6.45) is 0. The van der Waals surface area contributed by atoms with Crippen LogP contribution in [0.4, 0.5) is 0 Å². The van der Waals surface area contributed by atoms with Gasteiger partial charge < -0.3 is 0 Å². The first-order valence-corrected chi connectivity index (χ1v) is 5.48. The lowest BCUT2D eigenvalue weighted by Crippen LogP contribution is -2.28.